The van der Waals surface area contributed by atoms with Gasteiger partial charge in [-0.3, -0.25) is 0 Å². The van der Waals surface area contributed by atoms with Crippen LogP contribution < -0.4 is 10.1 Å². The van der Waals surface area contributed by atoms with E-state index in [-0.39, 0.29) is 0 Å². The highest BCUT2D eigenvalue weighted by Gasteiger charge is 2.03. The Labute approximate surface area is 129 Å². The number of likely N-dealkylation sites (N-methyl/N-ethyl adjacent to an activating group) is 1. The molecule has 1 N–H and O–H groups in total. The molecule has 1 rings (SSSR count). The first-order valence-corrected chi connectivity index (χ1v) is 7.69. The molecule has 0 saturated heterocycles. The number of ether oxygens (including phenoxy) is 2. The molecule has 21 heavy (non-hydrogen) atoms. The van der Waals surface area contributed by atoms with Crippen molar-refractivity contribution in [1.82, 2.24) is 10.2 Å². The maximum absolute atomic E-state index is 5.17. The fourth-order valence-corrected chi connectivity index (χ4v) is 2.14. The van der Waals surface area contributed by atoms with E-state index in [0.717, 1.165) is 44.8 Å². The zero-order valence-electron chi connectivity index (χ0n) is 13.9. The van der Waals surface area contributed by atoms with Gasteiger partial charge in [0.2, 0.25) is 0 Å². The topological polar surface area (TPSA) is 33.7 Å². The molecular formula is C17H30N2O2. The minimum atomic E-state index is 0.530. The van der Waals surface area contributed by atoms with Crippen molar-refractivity contribution in [2.75, 3.05) is 47.5 Å². The van der Waals surface area contributed by atoms with Crippen LogP contribution >= 0.6 is 0 Å². The molecule has 0 aliphatic rings. The van der Waals surface area contributed by atoms with Gasteiger partial charge in [0.25, 0.3) is 0 Å². The van der Waals surface area contributed by atoms with Crippen LogP contribution in [0.3, 0.4) is 0 Å². The summed E-state index contributed by atoms with van der Waals surface area (Å²) < 4.78 is 10.2. The lowest BCUT2D eigenvalue weighted by molar-refractivity contribution is 0.161. The number of nitrogens with zero attached hydrogens (tertiary/aromatic N) is 1. The smallest absolute Gasteiger partial charge is 0.118 e. The van der Waals surface area contributed by atoms with Gasteiger partial charge in [-0.1, -0.05) is 12.1 Å². The summed E-state index contributed by atoms with van der Waals surface area (Å²) in [5.41, 5.74) is 1.36. The van der Waals surface area contributed by atoms with Crippen LogP contribution in [0.1, 0.15) is 18.9 Å². The lowest BCUT2D eigenvalue weighted by Crippen LogP contribution is -2.35. The summed E-state index contributed by atoms with van der Waals surface area (Å²) in [5, 5.41) is 3.58. The van der Waals surface area contributed by atoms with Crippen LogP contribution in [0.15, 0.2) is 24.3 Å². The lowest BCUT2D eigenvalue weighted by Gasteiger charge is -2.19. The molecular weight excluding hydrogens is 264 g/mol. The minimum Gasteiger partial charge on any atom is -0.497 e. The third-order valence-corrected chi connectivity index (χ3v) is 3.69. The van der Waals surface area contributed by atoms with Crippen molar-refractivity contribution < 1.29 is 9.47 Å². The summed E-state index contributed by atoms with van der Waals surface area (Å²) in [7, 11) is 5.57. The summed E-state index contributed by atoms with van der Waals surface area (Å²) in [4.78, 5) is 2.28. The van der Waals surface area contributed by atoms with Gasteiger partial charge in [0.1, 0.15) is 5.75 Å². The van der Waals surface area contributed by atoms with E-state index in [9.17, 15) is 0 Å². The van der Waals surface area contributed by atoms with Gasteiger partial charge in [-0.25, -0.2) is 0 Å². The molecule has 0 aromatic heterocycles. The van der Waals surface area contributed by atoms with Gasteiger partial charge < -0.3 is 19.7 Å². The van der Waals surface area contributed by atoms with Gasteiger partial charge in [-0.2, -0.15) is 0 Å². The molecule has 0 bridgehead atoms. The van der Waals surface area contributed by atoms with Gasteiger partial charge >= 0.3 is 0 Å². The number of hydrogen-bond acceptors (Lipinski definition) is 4. The molecule has 0 aliphatic carbocycles. The quantitative estimate of drug-likeness (QED) is 0.678. The zero-order chi connectivity index (χ0) is 15.5. The lowest BCUT2D eigenvalue weighted by atomic mass is 10.1. The molecule has 4 heteroatoms. The summed E-state index contributed by atoms with van der Waals surface area (Å²) in [5.74, 6) is 0.920. The standard InChI is InChI=1S/C17H30N2O2/c1-15(18-11-12-19(2)13-14-20-3)5-6-16-7-9-17(21-4)10-8-16/h7-10,15,18H,5-6,11-14H2,1-4H3. The number of methoxy groups -OCH3 is 2. The van der Waals surface area contributed by atoms with E-state index in [1.807, 2.05) is 12.1 Å². The molecule has 120 valence electrons. The second-order valence-corrected chi connectivity index (χ2v) is 5.54. The molecule has 1 unspecified atom stereocenters. The van der Waals surface area contributed by atoms with Crippen LogP contribution in [-0.2, 0) is 11.2 Å². The first-order valence-electron chi connectivity index (χ1n) is 7.69. The molecule has 0 amide bonds. The normalized spacial score (nSPS) is 12.6. The highest BCUT2D eigenvalue weighted by Crippen LogP contribution is 2.13. The SMILES string of the molecule is COCCN(C)CCNC(C)CCc1ccc(OC)cc1. The Morgan fingerprint density at radius 2 is 1.86 bits per heavy atom. The first kappa shape index (κ1) is 18.0. The van der Waals surface area contributed by atoms with Crippen LogP contribution in [0, 0.1) is 0 Å². The maximum Gasteiger partial charge on any atom is 0.118 e. The predicted octanol–water partition coefficient (Wildman–Crippen LogP) is 2.18. The first-order chi connectivity index (χ1) is 10.2. The highest BCUT2D eigenvalue weighted by molar-refractivity contribution is 5.27. The molecule has 0 radical (unpaired) electrons. The molecule has 0 heterocycles. The second-order valence-electron chi connectivity index (χ2n) is 5.54. The zero-order valence-corrected chi connectivity index (χ0v) is 13.9. The van der Waals surface area contributed by atoms with Gasteiger partial charge in [-0.05, 0) is 44.5 Å². The van der Waals surface area contributed by atoms with Crippen molar-refractivity contribution in [3.05, 3.63) is 29.8 Å². The van der Waals surface area contributed by atoms with E-state index >= 15 is 0 Å². The Hall–Kier alpha value is -1.10. The minimum absolute atomic E-state index is 0.530. The third kappa shape index (κ3) is 8.05. The number of benzene rings is 1. The van der Waals surface area contributed by atoms with Gasteiger partial charge in [0, 0.05) is 32.8 Å². The van der Waals surface area contributed by atoms with E-state index in [1.54, 1.807) is 14.2 Å². The average Bonchev–Trinajstić information content (AvgIpc) is 2.51. The van der Waals surface area contributed by atoms with Crippen molar-refractivity contribution in [3.8, 4) is 5.75 Å². The van der Waals surface area contributed by atoms with Crippen LogP contribution in [0.2, 0.25) is 0 Å². The molecule has 0 aliphatic heterocycles. The Balaban J connectivity index is 2.14. The molecule has 1 atom stereocenters. The Morgan fingerprint density at radius 1 is 1.14 bits per heavy atom. The fraction of sp³-hybridized carbons (Fsp3) is 0.647. The van der Waals surface area contributed by atoms with E-state index < -0.39 is 0 Å². The largest absolute Gasteiger partial charge is 0.497 e. The Morgan fingerprint density at radius 3 is 2.48 bits per heavy atom. The van der Waals surface area contributed by atoms with Gasteiger partial charge in [0.05, 0.1) is 13.7 Å². The van der Waals surface area contributed by atoms with E-state index in [0.29, 0.717) is 6.04 Å². The molecule has 0 saturated carbocycles. The molecule has 4 nitrogen and oxygen atoms in total. The number of aryl methyl sites for hydroxylation is 1. The Bertz CT molecular complexity index is 368. The molecule has 1 aromatic carbocycles. The maximum atomic E-state index is 5.17. The summed E-state index contributed by atoms with van der Waals surface area (Å²) in [6.07, 6.45) is 2.24. The van der Waals surface area contributed by atoms with Crippen LogP contribution in [0.25, 0.3) is 0 Å². The van der Waals surface area contributed by atoms with Crippen molar-refractivity contribution in [1.29, 1.82) is 0 Å². The number of hydrogen-bond donors (Lipinski definition) is 1. The summed E-state index contributed by atoms with van der Waals surface area (Å²) >= 11 is 0. The van der Waals surface area contributed by atoms with Gasteiger partial charge in [0.15, 0.2) is 0 Å². The van der Waals surface area contributed by atoms with E-state index in [1.165, 1.54) is 5.56 Å². The van der Waals surface area contributed by atoms with E-state index in [4.69, 9.17) is 9.47 Å². The molecule has 0 fully saturated rings. The van der Waals surface area contributed by atoms with Crippen molar-refractivity contribution in [2.24, 2.45) is 0 Å². The second kappa shape index (κ2) is 10.6. The number of rotatable bonds is 11. The van der Waals surface area contributed by atoms with Crippen LogP contribution in [0.4, 0.5) is 0 Å². The van der Waals surface area contributed by atoms with Crippen molar-refractivity contribution in [2.45, 2.75) is 25.8 Å². The predicted molar refractivity (Wildman–Crippen MR) is 88.2 cm³/mol. The number of nitrogens with one attached hydrogen (secondary N) is 1. The Kier molecular flexibility index (Phi) is 9.06. The summed E-state index contributed by atoms with van der Waals surface area (Å²) in [6.45, 7) is 6.10. The molecule has 0 spiro atoms. The monoisotopic (exact) mass is 294 g/mol. The fourth-order valence-electron chi connectivity index (χ4n) is 2.14. The summed E-state index contributed by atoms with van der Waals surface area (Å²) in [6, 6.07) is 8.87. The van der Waals surface area contributed by atoms with Crippen molar-refractivity contribution >= 4 is 0 Å². The van der Waals surface area contributed by atoms with Gasteiger partial charge in [-0.15, -0.1) is 0 Å². The van der Waals surface area contributed by atoms with E-state index in [2.05, 4.69) is 36.3 Å². The highest BCUT2D eigenvalue weighted by atomic mass is 16.5. The van der Waals surface area contributed by atoms with Crippen LogP contribution in [0.5, 0.6) is 5.75 Å². The third-order valence-electron chi connectivity index (χ3n) is 3.69. The average molecular weight is 294 g/mol. The van der Waals surface area contributed by atoms with Crippen molar-refractivity contribution in [3.63, 3.8) is 0 Å². The molecule has 1 aromatic rings. The van der Waals surface area contributed by atoms with Crippen LogP contribution in [-0.4, -0.2) is 58.5 Å².